The molecule has 0 saturated heterocycles. The van der Waals surface area contributed by atoms with Crippen molar-refractivity contribution in [3.05, 3.63) is 0 Å². The van der Waals surface area contributed by atoms with Gasteiger partial charge in [0.25, 0.3) is 0 Å². The summed E-state index contributed by atoms with van der Waals surface area (Å²) >= 11 is 0. The molecule has 92 valence electrons. The summed E-state index contributed by atoms with van der Waals surface area (Å²) in [4.78, 5) is 32.5. The third-order valence-corrected chi connectivity index (χ3v) is 1.73. The van der Waals surface area contributed by atoms with E-state index in [0.717, 1.165) is 6.42 Å². The van der Waals surface area contributed by atoms with Gasteiger partial charge < -0.3 is 10.4 Å². The smallest absolute Gasteiger partial charge is 0.321 e. The van der Waals surface area contributed by atoms with Gasteiger partial charge in [0.05, 0.1) is 6.54 Å². The van der Waals surface area contributed by atoms with Crippen LogP contribution >= 0.6 is 0 Å². The minimum atomic E-state index is -1.05. The number of carbonyl (C=O) groups excluding carboxylic acids is 2. The van der Waals surface area contributed by atoms with Gasteiger partial charge in [-0.05, 0) is 13.3 Å². The third kappa shape index (κ3) is 6.77. The van der Waals surface area contributed by atoms with Gasteiger partial charge in [0.1, 0.15) is 6.04 Å². The molecule has 0 bridgehead atoms. The van der Waals surface area contributed by atoms with Gasteiger partial charge in [-0.25, -0.2) is 4.79 Å². The number of hydrogen-bond donors (Lipinski definition) is 4. The fourth-order valence-electron chi connectivity index (χ4n) is 0.787. The Morgan fingerprint density at radius 2 is 1.94 bits per heavy atom. The third-order valence-electron chi connectivity index (χ3n) is 1.73. The number of carbonyl (C=O) groups is 3. The molecule has 1 atom stereocenters. The molecule has 0 fully saturated rings. The van der Waals surface area contributed by atoms with Crippen molar-refractivity contribution in [1.29, 1.82) is 0 Å². The average Bonchev–Trinajstić information content (AvgIpc) is 2.22. The van der Waals surface area contributed by atoms with E-state index in [1.54, 1.807) is 0 Å². The highest BCUT2D eigenvalue weighted by Crippen LogP contribution is 1.79. The lowest BCUT2D eigenvalue weighted by molar-refractivity contribution is -0.139. The molecule has 16 heavy (non-hydrogen) atoms. The van der Waals surface area contributed by atoms with Crippen molar-refractivity contribution in [2.75, 3.05) is 13.1 Å². The summed E-state index contributed by atoms with van der Waals surface area (Å²) in [7, 11) is 0. The summed E-state index contributed by atoms with van der Waals surface area (Å²) < 4.78 is 0. The van der Waals surface area contributed by atoms with Crippen LogP contribution in [0.4, 0.5) is 4.79 Å². The quantitative estimate of drug-likeness (QED) is 0.483. The highest BCUT2D eigenvalue weighted by atomic mass is 16.4. The molecule has 4 N–H and O–H groups in total. The van der Waals surface area contributed by atoms with Crippen LogP contribution in [0.2, 0.25) is 0 Å². The van der Waals surface area contributed by atoms with Crippen molar-refractivity contribution < 1.29 is 19.5 Å². The zero-order chi connectivity index (χ0) is 12.6. The Morgan fingerprint density at radius 1 is 1.31 bits per heavy atom. The molecule has 7 nitrogen and oxygen atoms in total. The van der Waals surface area contributed by atoms with Gasteiger partial charge in [-0.2, -0.15) is 0 Å². The normalized spacial score (nSPS) is 11.6. The monoisotopic (exact) mass is 231 g/mol. The minimum absolute atomic E-state index is 0.215. The molecule has 0 spiro atoms. The molecule has 0 saturated carbocycles. The number of imide groups is 1. The summed E-state index contributed by atoms with van der Waals surface area (Å²) in [6, 6.07) is -1.40. The first-order valence-electron chi connectivity index (χ1n) is 5.01. The van der Waals surface area contributed by atoms with Crippen LogP contribution in [0.1, 0.15) is 20.3 Å². The number of aliphatic carboxylic acids is 1. The van der Waals surface area contributed by atoms with Crippen LogP contribution in [0, 0.1) is 0 Å². The molecule has 0 radical (unpaired) electrons. The second-order valence-corrected chi connectivity index (χ2v) is 3.24. The Labute approximate surface area is 93.6 Å². The second kappa shape index (κ2) is 7.63. The van der Waals surface area contributed by atoms with Crippen molar-refractivity contribution in [1.82, 2.24) is 16.0 Å². The standard InChI is InChI=1S/C9H17N3O4/c1-3-4-10-9(16)12-7(13)5-11-6(2)8(14)15/h6,11H,3-5H2,1-2H3,(H,14,15)(H2,10,12,13,16). The highest BCUT2D eigenvalue weighted by Gasteiger charge is 2.12. The van der Waals surface area contributed by atoms with Crippen LogP contribution < -0.4 is 16.0 Å². The number of hydrogen-bond acceptors (Lipinski definition) is 4. The predicted octanol–water partition coefficient (Wildman–Crippen LogP) is -0.715. The lowest BCUT2D eigenvalue weighted by Gasteiger charge is -2.09. The Bertz CT molecular complexity index is 267. The van der Waals surface area contributed by atoms with Crippen LogP contribution in [0.15, 0.2) is 0 Å². The van der Waals surface area contributed by atoms with Gasteiger partial charge in [0, 0.05) is 6.54 Å². The molecule has 0 aromatic carbocycles. The molecule has 0 aromatic rings. The maximum Gasteiger partial charge on any atom is 0.321 e. The zero-order valence-corrected chi connectivity index (χ0v) is 9.37. The number of rotatable bonds is 6. The van der Waals surface area contributed by atoms with Crippen molar-refractivity contribution in [3.8, 4) is 0 Å². The number of amides is 3. The van der Waals surface area contributed by atoms with E-state index in [2.05, 4.69) is 16.0 Å². The average molecular weight is 231 g/mol. The van der Waals surface area contributed by atoms with Gasteiger partial charge in [-0.1, -0.05) is 6.92 Å². The fraction of sp³-hybridized carbons (Fsp3) is 0.667. The zero-order valence-electron chi connectivity index (χ0n) is 9.37. The minimum Gasteiger partial charge on any atom is -0.480 e. The van der Waals surface area contributed by atoms with Crippen LogP contribution in [0.25, 0.3) is 0 Å². The number of carboxylic acid groups (broad SMARTS) is 1. The number of nitrogens with one attached hydrogen (secondary N) is 3. The molecule has 7 heteroatoms. The molecule has 0 aliphatic rings. The van der Waals surface area contributed by atoms with E-state index in [1.807, 2.05) is 6.92 Å². The van der Waals surface area contributed by atoms with Crippen LogP contribution in [0.3, 0.4) is 0 Å². The van der Waals surface area contributed by atoms with Gasteiger partial charge >= 0.3 is 12.0 Å². The van der Waals surface area contributed by atoms with Crippen molar-refractivity contribution in [3.63, 3.8) is 0 Å². The van der Waals surface area contributed by atoms with Crippen molar-refractivity contribution in [2.24, 2.45) is 0 Å². The topological polar surface area (TPSA) is 108 Å². The van der Waals surface area contributed by atoms with Crippen molar-refractivity contribution >= 4 is 17.9 Å². The van der Waals surface area contributed by atoms with E-state index < -0.39 is 23.9 Å². The van der Waals surface area contributed by atoms with Gasteiger partial charge in [-0.3, -0.25) is 20.2 Å². The van der Waals surface area contributed by atoms with Gasteiger partial charge in [0.15, 0.2) is 0 Å². The first kappa shape index (κ1) is 14.4. The number of urea groups is 1. The summed E-state index contributed by atoms with van der Waals surface area (Å²) in [5.41, 5.74) is 0. The van der Waals surface area contributed by atoms with E-state index in [0.29, 0.717) is 6.54 Å². The highest BCUT2D eigenvalue weighted by molar-refractivity contribution is 5.95. The molecule has 0 heterocycles. The SMILES string of the molecule is CCCNC(=O)NC(=O)CNC(C)C(=O)O. The molecule has 0 aliphatic carbocycles. The fourth-order valence-corrected chi connectivity index (χ4v) is 0.787. The molecular weight excluding hydrogens is 214 g/mol. The van der Waals surface area contributed by atoms with Crippen molar-refractivity contribution in [2.45, 2.75) is 26.3 Å². The molecule has 3 amide bonds. The maximum absolute atomic E-state index is 11.1. The Hall–Kier alpha value is -1.63. The maximum atomic E-state index is 11.1. The summed E-state index contributed by atoms with van der Waals surface area (Å²) in [6.45, 7) is 3.57. The first-order chi connectivity index (χ1) is 7.47. The van der Waals surface area contributed by atoms with E-state index in [9.17, 15) is 14.4 Å². The van der Waals surface area contributed by atoms with E-state index in [1.165, 1.54) is 6.92 Å². The second-order valence-electron chi connectivity index (χ2n) is 3.24. The molecular formula is C9H17N3O4. The number of carboxylic acids is 1. The van der Waals surface area contributed by atoms with Gasteiger partial charge in [-0.15, -0.1) is 0 Å². The molecule has 0 aliphatic heterocycles. The Kier molecular flexibility index (Phi) is 6.86. The lowest BCUT2D eigenvalue weighted by Crippen LogP contribution is -2.46. The van der Waals surface area contributed by atoms with E-state index in [-0.39, 0.29) is 6.54 Å². The van der Waals surface area contributed by atoms with E-state index in [4.69, 9.17) is 5.11 Å². The Morgan fingerprint density at radius 3 is 2.44 bits per heavy atom. The molecule has 1 unspecified atom stereocenters. The molecule has 0 rings (SSSR count). The lowest BCUT2D eigenvalue weighted by atomic mass is 10.3. The van der Waals surface area contributed by atoms with Crippen LogP contribution in [-0.2, 0) is 9.59 Å². The first-order valence-corrected chi connectivity index (χ1v) is 5.01. The Balaban J connectivity index is 3.74. The summed E-state index contributed by atoms with van der Waals surface area (Å²) in [5.74, 6) is -1.62. The summed E-state index contributed by atoms with van der Waals surface area (Å²) in [5, 5.41) is 15.5. The molecule has 0 aromatic heterocycles. The van der Waals surface area contributed by atoms with Crippen LogP contribution in [0.5, 0.6) is 0 Å². The summed E-state index contributed by atoms with van der Waals surface area (Å²) in [6.07, 6.45) is 0.774. The van der Waals surface area contributed by atoms with Crippen LogP contribution in [-0.4, -0.2) is 42.1 Å². The largest absolute Gasteiger partial charge is 0.480 e. The van der Waals surface area contributed by atoms with Gasteiger partial charge in [0.2, 0.25) is 5.91 Å². The van der Waals surface area contributed by atoms with E-state index >= 15 is 0 Å². The predicted molar refractivity (Wildman–Crippen MR) is 56.9 cm³/mol.